The molecule has 2 atom stereocenters. The van der Waals surface area contributed by atoms with Crippen molar-refractivity contribution in [3.63, 3.8) is 0 Å². The van der Waals surface area contributed by atoms with Crippen molar-refractivity contribution >= 4 is 12.4 Å². The van der Waals surface area contributed by atoms with Crippen LogP contribution in [0.5, 0.6) is 0 Å². The zero-order valence-electron chi connectivity index (χ0n) is 6.08. The monoisotopic (exact) mass is 167 g/mol. The standard InChI is InChI=1S/C6H13NO2.ClH/c1-8-2-5-3-9-4-6(5)7;/h5-6H,2-4,7H2,1H3;1H/t5-,6+;/m0./s1. The Hall–Kier alpha value is 0.170. The lowest BCUT2D eigenvalue weighted by Gasteiger charge is -2.10. The molecule has 1 rings (SSSR count). The van der Waals surface area contributed by atoms with E-state index in [1.165, 1.54) is 0 Å². The van der Waals surface area contributed by atoms with Gasteiger partial charge in [-0.3, -0.25) is 0 Å². The summed E-state index contributed by atoms with van der Waals surface area (Å²) in [5.74, 6) is 0.412. The van der Waals surface area contributed by atoms with E-state index in [-0.39, 0.29) is 18.4 Å². The van der Waals surface area contributed by atoms with E-state index < -0.39 is 0 Å². The summed E-state index contributed by atoms with van der Waals surface area (Å²) in [5.41, 5.74) is 5.66. The van der Waals surface area contributed by atoms with Crippen molar-refractivity contribution < 1.29 is 9.47 Å². The largest absolute Gasteiger partial charge is 0.384 e. The summed E-state index contributed by atoms with van der Waals surface area (Å²) in [6.45, 7) is 2.17. The number of methoxy groups -OCH3 is 1. The van der Waals surface area contributed by atoms with E-state index in [4.69, 9.17) is 15.2 Å². The van der Waals surface area contributed by atoms with Gasteiger partial charge < -0.3 is 15.2 Å². The number of rotatable bonds is 2. The first kappa shape index (κ1) is 10.2. The molecule has 0 aromatic heterocycles. The molecule has 3 nitrogen and oxygen atoms in total. The van der Waals surface area contributed by atoms with Crippen LogP contribution in [0.25, 0.3) is 0 Å². The molecular weight excluding hydrogens is 154 g/mol. The van der Waals surface area contributed by atoms with E-state index >= 15 is 0 Å². The molecule has 10 heavy (non-hydrogen) atoms. The third-order valence-electron chi connectivity index (χ3n) is 1.63. The highest BCUT2D eigenvalue weighted by Crippen LogP contribution is 2.10. The normalized spacial score (nSPS) is 31.8. The second-order valence-corrected chi connectivity index (χ2v) is 2.42. The van der Waals surface area contributed by atoms with Crippen molar-refractivity contribution in [1.29, 1.82) is 0 Å². The van der Waals surface area contributed by atoms with E-state index in [9.17, 15) is 0 Å². The summed E-state index contributed by atoms with van der Waals surface area (Å²) < 4.78 is 10.1. The van der Waals surface area contributed by atoms with Crippen LogP contribution >= 0.6 is 12.4 Å². The Bertz CT molecular complexity index is 91.8. The second kappa shape index (κ2) is 4.91. The third-order valence-corrected chi connectivity index (χ3v) is 1.63. The number of hydrogen-bond acceptors (Lipinski definition) is 3. The number of halogens is 1. The average Bonchev–Trinajstić information content (AvgIpc) is 2.18. The van der Waals surface area contributed by atoms with Crippen LogP contribution in [0.2, 0.25) is 0 Å². The van der Waals surface area contributed by atoms with Gasteiger partial charge in [-0.1, -0.05) is 0 Å². The van der Waals surface area contributed by atoms with Crippen molar-refractivity contribution in [3.8, 4) is 0 Å². The molecule has 2 N–H and O–H groups in total. The minimum atomic E-state index is 0. The van der Waals surface area contributed by atoms with Crippen LogP contribution in [-0.2, 0) is 9.47 Å². The highest BCUT2D eigenvalue weighted by Gasteiger charge is 2.23. The first-order valence-electron chi connectivity index (χ1n) is 3.17. The molecule has 1 fully saturated rings. The molecule has 1 aliphatic heterocycles. The molecule has 0 aliphatic carbocycles. The zero-order chi connectivity index (χ0) is 6.69. The lowest BCUT2D eigenvalue weighted by Crippen LogP contribution is -2.31. The summed E-state index contributed by atoms with van der Waals surface area (Å²) in [5, 5.41) is 0. The second-order valence-electron chi connectivity index (χ2n) is 2.42. The van der Waals surface area contributed by atoms with Gasteiger partial charge in [0, 0.05) is 19.1 Å². The summed E-state index contributed by atoms with van der Waals surface area (Å²) >= 11 is 0. The molecule has 0 amide bonds. The molecule has 0 radical (unpaired) electrons. The fourth-order valence-corrected chi connectivity index (χ4v) is 1.00. The first-order valence-corrected chi connectivity index (χ1v) is 3.17. The Labute approximate surface area is 67.3 Å². The lowest BCUT2D eigenvalue weighted by atomic mass is 10.1. The van der Waals surface area contributed by atoms with Gasteiger partial charge in [0.1, 0.15) is 0 Å². The van der Waals surface area contributed by atoms with E-state index in [1.54, 1.807) is 7.11 Å². The first-order chi connectivity index (χ1) is 4.34. The fraction of sp³-hybridized carbons (Fsp3) is 1.00. The van der Waals surface area contributed by atoms with Crippen LogP contribution in [0.4, 0.5) is 0 Å². The van der Waals surface area contributed by atoms with Crippen molar-refractivity contribution in [1.82, 2.24) is 0 Å². The van der Waals surface area contributed by atoms with Gasteiger partial charge in [0.2, 0.25) is 0 Å². The minimum absolute atomic E-state index is 0. The smallest absolute Gasteiger partial charge is 0.0622 e. The Morgan fingerprint density at radius 3 is 2.70 bits per heavy atom. The van der Waals surface area contributed by atoms with Crippen LogP contribution in [0.15, 0.2) is 0 Å². The number of hydrogen-bond donors (Lipinski definition) is 1. The van der Waals surface area contributed by atoms with Crippen molar-refractivity contribution in [2.24, 2.45) is 11.7 Å². The molecule has 0 unspecified atom stereocenters. The predicted octanol–water partition coefficient (Wildman–Crippen LogP) is 0.0283. The quantitative estimate of drug-likeness (QED) is 0.631. The molecule has 1 aliphatic rings. The lowest BCUT2D eigenvalue weighted by molar-refractivity contribution is 0.128. The van der Waals surface area contributed by atoms with Gasteiger partial charge in [-0.2, -0.15) is 0 Å². The predicted molar refractivity (Wildman–Crippen MR) is 41.4 cm³/mol. The fourth-order valence-electron chi connectivity index (χ4n) is 1.00. The van der Waals surface area contributed by atoms with Gasteiger partial charge in [0.25, 0.3) is 0 Å². The van der Waals surface area contributed by atoms with Crippen molar-refractivity contribution in [2.45, 2.75) is 6.04 Å². The van der Waals surface area contributed by atoms with Crippen molar-refractivity contribution in [2.75, 3.05) is 26.9 Å². The van der Waals surface area contributed by atoms with E-state index in [0.29, 0.717) is 12.5 Å². The van der Waals surface area contributed by atoms with Crippen LogP contribution in [0, 0.1) is 5.92 Å². The van der Waals surface area contributed by atoms with E-state index in [2.05, 4.69) is 0 Å². The van der Waals surface area contributed by atoms with Crippen LogP contribution in [0.1, 0.15) is 0 Å². The topological polar surface area (TPSA) is 44.5 Å². The summed E-state index contributed by atoms with van der Waals surface area (Å²) in [6, 6.07) is 0.185. The maximum Gasteiger partial charge on any atom is 0.0622 e. The number of ether oxygens (including phenoxy) is 2. The molecule has 0 bridgehead atoms. The Kier molecular flexibility index (Phi) is 4.99. The van der Waals surface area contributed by atoms with Crippen LogP contribution < -0.4 is 5.73 Å². The van der Waals surface area contributed by atoms with Gasteiger partial charge in [0.15, 0.2) is 0 Å². The van der Waals surface area contributed by atoms with Gasteiger partial charge in [0.05, 0.1) is 19.8 Å². The summed E-state index contributed by atoms with van der Waals surface area (Å²) in [6.07, 6.45) is 0. The van der Waals surface area contributed by atoms with Crippen molar-refractivity contribution in [3.05, 3.63) is 0 Å². The number of nitrogens with two attached hydrogens (primary N) is 1. The van der Waals surface area contributed by atoms with Gasteiger partial charge >= 0.3 is 0 Å². The molecule has 62 valence electrons. The third kappa shape index (κ3) is 2.42. The molecule has 0 spiro atoms. The molecule has 0 saturated carbocycles. The minimum Gasteiger partial charge on any atom is -0.384 e. The van der Waals surface area contributed by atoms with Crippen LogP contribution in [0.3, 0.4) is 0 Å². The summed E-state index contributed by atoms with van der Waals surface area (Å²) in [7, 11) is 1.69. The average molecular weight is 168 g/mol. The highest BCUT2D eigenvalue weighted by atomic mass is 35.5. The maximum atomic E-state index is 5.66. The van der Waals surface area contributed by atoms with Gasteiger partial charge in [-0.25, -0.2) is 0 Å². The Morgan fingerprint density at radius 2 is 2.30 bits per heavy atom. The Balaban J connectivity index is 0.000000810. The van der Waals surface area contributed by atoms with E-state index in [1.807, 2.05) is 0 Å². The molecule has 1 saturated heterocycles. The van der Waals surface area contributed by atoms with Gasteiger partial charge in [-0.15, -0.1) is 12.4 Å². The SMILES string of the molecule is COC[C@H]1COC[C@H]1N.Cl. The maximum absolute atomic E-state index is 5.66. The van der Waals surface area contributed by atoms with Crippen LogP contribution in [-0.4, -0.2) is 33.0 Å². The molecule has 0 aromatic carbocycles. The molecule has 1 heterocycles. The van der Waals surface area contributed by atoms with E-state index in [0.717, 1.165) is 13.2 Å². The van der Waals surface area contributed by atoms with Gasteiger partial charge in [-0.05, 0) is 0 Å². The summed E-state index contributed by atoms with van der Waals surface area (Å²) in [4.78, 5) is 0. The Morgan fingerprint density at radius 1 is 1.60 bits per heavy atom. The molecule has 0 aromatic rings. The molecular formula is C6H14ClNO2. The zero-order valence-corrected chi connectivity index (χ0v) is 6.89. The molecule has 4 heteroatoms. The highest BCUT2D eigenvalue weighted by molar-refractivity contribution is 5.85.